The third-order valence-corrected chi connectivity index (χ3v) is 7.06. The molecule has 3 fully saturated rings. The standard InChI is InChI=1S/C24H20N4O3/c29-22-17-3-1-2-4-18(17)23(30)28(22)12-16-11-26-9-14(13-5-6-13)8-20(21(26)25-16)27-10-15-7-19(15)24(27)31/h1-4,8-9,11,13,15,19H,5-7,10,12H2. The van der Waals surface area contributed by atoms with E-state index in [1.165, 1.54) is 23.3 Å². The van der Waals surface area contributed by atoms with Crippen molar-refractivity contribution in [2.24, 2.45) is 11.8 Å². The van der Waals surface area contributed by atoms with Gasteiger partial charge in [0.25, 0.3) is 11.8 Å². The second kappa shape index (κ2) is 5.81. The van der Waals surface area contributed by atoms with Gasteiger partial charge in [0, 0.05) is 24.9 Å². The third kappa shape index (κ3) is 2.46. The van der Waals surface area contributed by atoms with E-state index in [1.807, 2.05) is 15.5 Å². The summed E-state index contributed by atoms with van der Waals surface area (Å²) in [6, 6.07) is 9.02. The fourth-order valence-corrected chi connectivity index (χ4v) is 5.11. The molecule has 7 nitrogen and oxygen atoms in total. The first-order valence-corrected chi connectivity index (χ1v) is 10.9. The molecule has 1 aromatic carbocycles. The molecule has 31 heavy (non-hydrogen) atoms. The van der Waals surface area contributed by atoms with E-state index in [0.717, 1.165) is 18.7 Å². The van der Waals surface area contributed by atoms with E-state index in [4.69, 9.17) is 4.98 Å². The fraction of sp³-hybridized carbons (Fsp3) is 0.333. The minimum Gasteiger partial charge on any atom is -0.308 e. The number of nitrogens with zero attached hydrogens (tertiary/aromatic N) is 4. The van der Waals surface area contributed by atoms with Gasteiger partial charge in [-0.1, -0.05) is 12.1 Å². The van der Waals surface area contributed by atoms with Crippen molar-refractivity contribution in [2.75, 3.05) is 11.4 Å². The topological polar surface area (TPSA) is 75.0 Å². The molecule has 3 amide bonds. The fourth-order valence-electron chi connectivity index (χ4n) is 5.11. The van der Waals surface area contributed by atoms with Gasteiger partial charge in [-0.25, -0.2) is 4.98 Å². The summed E-state index contributed by atoms with van der Waals surface area (Å²) in [4.78, 5) is 46.2. The molecule has 2 atom stereocenters. The lowest BCUT2D eigenvalue weighted by Crippen LogP contribution is -2.29. The molecule has 4 heterocycles. The number of benzene rings is 1. The second-order valence-corrected chi connectivity index (χ2v) is 9.19. The smallest absolute Gasteiger partial charge is 0.261 e. The number of anilines is 1. The summed E-state index contributed by atoms with van der Waals surface area (Å²) in [5.41, 5.74) is 4.31. The maximum absolute atomic E-state index is 12.8. The average molecular weight is 412 g/mol. The first-order chi connectivity index (χ1) is 15.1. The first kappa shape index (κ1) is 17.2. The van der Waals surface area contributed by atoms with E-state index >= 15 is 0 Å². The van der Waals surface area contributed by atoms with Crippen LogP contribution >= 0.6 is 0 Å². The summed E-state index contributed by atoms with van der Waals surface area (Å²) in [6.07, 6.45) is 7.31. The average Bonchev–Trinajstić information content (AvgIpc) is 3.68. The Morgan fingerprint density at radius 3 is 2.39 bits per heavy atom. The molecule has 0 spiro atoms. The summed E-state index contributed by atoms with van der Waals surface area (Å²) in [5, 5.41) is 0. The second-order valence-electron chi connectivity index (χ2n) is 9.19. The van der Waals surface area contributed by atoms with Gasteiger partial charge in [0.15, 0.2) is 5.65 Å². The lowest BCUT2D eigenvalue weighted by atomic mass is 10.1. The van der Waals surface area contributed by atoms with Crippen molar-refractivity contribution in [1.82, 2.24) is 14.3 Å². The largest absolute Gasteiger partial charge is 0.308 e. The monoisotopic (exact) mass is 412 g/mol. The number of pyridine rings is 1. The van der Waals surface area contributed by atoms with Crippen molar-refractivity contribution in [2.45, 2.75) is 31.7 Å². The van der Waals surface area contributed by atoms with Gasteiger partial charge in [-0.2, -0.15) is 0 Å². The maximum atomic E-state index is 12.8. The Hall–Kier alpha value is -3.48. The Bertz CT molecular complexity index is 1290. The Morgan fingerprint density at radius 2 is 1.74 bits per heavy atom. The number of fused-ring (bicyclic) bond motifs is 3. The Morgan fingerprint density at radius 1 is 1.00 bits per heavy atom. The molecule has 2 unspecified atom stereocenters. The summed E-state index contributed by atoms with van der Waals surface area (Å²) < 4.78 is 1.97. The van der Waals surface area contributed by atoms with Crippen LogP contribution in [0.15, 0.2) is 42.7 Å². The van der Waals surface area contributed by atoms with E-state index in [2.05, 4.69) is 12.3 Å². The molecule has 3 aromatic rings. The molecule has 154 valence electrons. The lowest BCUT2D eigenvalue weighted by Gasteiger charge is -2.20. The highest BCUT2D eigenvalue weighted by Crippen LogP contribution is 2.49. The van der Waals surface area contributed by atoms with Crippen LogP contribution in [-0.4, -0.2) is 38.6 Å². The highest BCUT2D eigenvalue weighted by Gasteiger charge is 2.53. The van der Waals surface area contributed by atoms with Crippen molar-refractivity contribution in [3.63, 3.8) is 0 Å². The first-order valence-electron chi connectivity index (χ1n) is 10.9. The molecule has 0 N–H and O–H groups in total. The number of amides is 3. The van der Waals surface area contributed by atoms with E-state index < -0.39 is 0 Å². The summed E-state index contributed by atoms with van der Waals surface area (Å²) in [6.45, 7) is 0.874. The minimum atomic E-state index is -0.286. The molecule has 2 saturated carbocycles. The minimum absolute atomic E-state index is 0.116. The molecule has 2 aromatic heterocycles. The van der Waals surface area contributed by atoms with Gasteiger partial charge < -0.3 is 9.30 Å². The summed E-state index contributed by atoms with van der Waals surface area (Å²) in [7, 11) is 0. The van der Waals surface area contributed by atoms with Crippen LogP contribution in [0.25, 0.3) is 5.65 Å². The van der Waals surface area contributed by atoms with Gasteiger partial charge in [-0.3, -0.25) is 19.3 Å². The predicted molar refractivity (Wildman–Crippen MR) is 112 cm³/mol. The molecule has 0 bridgehead atoms. The number of hydrogen-bond donors (Lipinski definition) is 0. The normalized spacial score (nSPS) is 24.3. The van der Waals surface area contributed by atoms with Crippen molar-refractivity contribution < 1.29 is 14.4 Å². The third-order valence-electron chi connectivity index (χ3n) is 7.06. The number of hydrogen-bond acceptors (Lipinski definition) is 4. The summed E-state index contributed by atoms with van der Waals surface area (Å²) in [5.74, 6) is 0.822. The molecule has 7 heteroatoms. The number of piperidine rings is 1. The Kier molecular flexibility index (Phi) is 3.23. The van der Waals surface area contributed by atoms with E-state index in [1.54, 1.807) is 24.3 Å². The van der Waals surface area contributed by atoms with E-state index in [-0.39, 0.29) is 30.2 Å². The number of imidazole rings is 1. The van der Waals surface area contributed by atoms with Crippen LogP contribution < -0.4 is 4.90 Å². The highest BCUT2D eigenvalue weighted by atomic mass is 16.2. The van der Waals surface area contributed by atoms with Crippen LogP contribution in [0.5, 0.6) is 0 Å². The lowest BCUT2D eigenvalue weighted by molar-refractivity contribution is -0.118. The molecule has 0 radical (unpaired) electrons. The van der Waals surface area contributed by atoms with Gasteiger partial charge in [-0.15, -0.1) is 0 Å². The van der Waals surface area contributed by atoms with Crippen molar-refractivity contribution >= 4 is 29.1 Å². The zero-order valence-electron chi connectivity index (χ0n) is 16.8. The molecule has 7 rings (SSSR count). The predicted octanol–water partition coefficient (Wildman–Crippen LogP) is 2.99. The number of carbonyl (C=O) groups excluding carboxylic acids is 3. The van der Waals surface area contributed by atoms with Crippen molar-refractivity contribution in [3.8, 4) is 0 Å². The van der Waals surface area contributed by atoms with E-state index in [9.17, 15) is 14.4 Å². The van der Waals surface area contributed by atoms with Gasteiger partial charge in [0.1, 0.15) is 0 Å². The van der Waals surface area contributed by atoms with Crippen LogP contribution in [0, 0.1) is 11.8 Å². The molecular formula is C24H20N4O3. The Labute approximate surface area is 178 Å². The van der Waals surface area contributed by atoms with Gasteiger partial charge in [-0.05, 0) is 54.9 Å². The van der Waals surface area contributed by atoms with Gasteiger partial charge in [0.2, 0.25) is 5.91 Å². The summed E-state index contributed by atoms with van der Waals surface area (Å²) >= 11 is 0. The van der Waals surface area contributed by atoms with Crippen molar-refractivity contribution in [1.29, 1.82) is 0 Å². The zero-order chi connectivity index (χ0) is 20.9. The van der Waals surface area contributed by atoms with Crippen LogP contribution in [0.4, 0.5) is 5.69 Å². The zero-order valence-corrected chi connectivity index (χ0v) is 16.8. The number of aromatic nitrogens is 2. The molecular weight excluding hydrogens is 392 g/mol. The Balaban J connectivity index is 1.28. The number of imide groups is 1. The number of carbonyl (C=O) groups is 3. The molecule has 2 aliphatic carbocycles. The van der Waals surface area contributed by atoms with Gasteiger partial charge in [0.05, 0.1) is 29.1 Å². The van der Waals surface area contributed by atoms with Crippen LogP contribution in [0.1, 0.15) is 57.2 Å². The quantitative estimate of drug-likeness (QED) is 0.618. The van der Waals surface area contributed by atoms with Crippen LogP contribution in [0.3, 0.4) is 0 Å². The van der Waals surface area contributed by atoms with Gasteiger partial charge >= 0.3 is 0 Å². The molecule has 1 saturated heterocycles. The number of rotatable bonds is 4. The maximum Gasteiger partial charge on any atom is 0.261 e. The van der Waals surface area contributed by atoms with E-state index in [0.29, 0.717) is 34.3 Å². The molecule has 4 aliphatic rings. The molecule has 2 aliphatic heterocycles. The van der Waals surface area contributed by atoms with Crippen LogP contribution in [0.2, 0.25) is 0 Å². The SMILES string of the molecule is O=C1c2ccccc2C(=O)N1Cc1cn2cc(C3CC3)cc(N3CC4CC4C3=O)c2n1. The van der Waals surface area contributed by atoms with Crippen molar-refractivity contribution in [3.05, 3.63) is 65.1 Å². The van der Waals surface area contributed by atoms with Crippen LogP contribution in [-0.2, 0) is 11.3 Å². The highest BCUT2D eigenvalue weighted by molar-refractivity contribution is 6.21.